The summed E-state index contributed by atoms with van der Waals surface area (Å²) in [5.41, 5.74) is 8.56. The Morgan fingerprint density at radius 2 is 1.96 bits per heavy atom. The van der Waals surface area contributed by atoms with Crippen LogP contribution in [0.5, 0.6) is 0 Å². The van der Waals surface area contributed by atoms with Crippen molar-refractivity contribution in [2.75, 3.05) is 11.9 Å². The molecule has 0 atom stereocenters. The molecule has 6 heteroatoms. The number of halogens is 1. The standard InChI is InChI=1S/C17H23N3O2.ClH/c18-17(8-2-1-3-9-17)11-19-16(22)13-4-6-14-12(10-13)5-7-15(21)20-14;/h4,6,10H,1-3,5,7-9,11,18H2,(H,19,22)(H,20,21);1H. The topological polar surface area (TPSA) is 84.2 Å². The zero-order valence-corrected chi connectivity index (χ0v) is 14.0. The predicted octanol–water partition coefficient (Wildman–Crippen LogP) is 2.38. The summed E-state index contributed by atoms with van der Waals surface area (Å²) in [6, 6.07) is 5.43. The first-order valence-corrected chi connectivity index (χ1v) is 8.06. The predicted molar refractivity (Wildman–Crippen MR) is 93.0 cm³/mol. The highest BCUT2D eigenvalue weighted by molar-refractivity contribution is 5.97. The van der Waals surface area contributed by atoms with Gasteiger partial charge in [-0.25, -0.2) is 0 Å². The smallest absolute Gasteiger partial charge is 0.251 e. The van der Waals surface area contributed by atoms with Gasteiger partial charge in [-0.05, 0) is 43.0 Å². The van der Waals surface area contributed by atoms with E-state index in [1.807, 2.05) is 6.07 Å². The van der Waals surface area contributed by atoms with Gasteiger partial charge in [0, 0.05) is 29.8 Å². The normalized spacial score (nSPS) is 19.1. The molecule has 4 N–H and O–H groups in total. The lowest BCUT2D eigenvalue weighted by atomic mass is 9.82. The van der Waals surface area contributed by atoms with E-state index in [0.29, 0.717) is 24.9 Å². The van der Waals surface area contributed by atoms with Crippen LogP contribution in [0.3, 0.4) is 0 Å². The second-order valence-corrected chi connectivity index (χ2v) is 6.53. The second-order valence-electron chi connectivity index (χ2n) is 6.53. The van der Waals surface area contributed by atoms with Crippen LogP contribution in [0.2, 0.25) is 0 Å². The molecule has 2 amide bonds. The summed E-state index contributed by atoms with van der Waals surface area (Å²) in [4.78, 5) is 23.7. The summed E-state index contributed by atoms with van der Waals surface area (Å²) in [5, 5.41) is 5.80. The number of rotatable bonds is 3. The summed E-state index contributed by atoms with van der Waals surface area (Å²) >= 11 is 0. The molecule has 0 spiro atoms. The van der Waals surface area contributed by atoms with Crippen molar-refractivity contribution in [2.24, 2.45) is 5.73 Å². The second kappa shape index (κ2) is 7.32. The Labute approximate surface area is 142 Å². The number of carbonyl (C=O) groups is 2. The van der Waals surface area contributed by atoms with Crippen LogP contribution in [-0.2, 0) is 11.2 Å². The van der Waals surface area contributed by atoms with E-state index in [2.05, 4.69) is 10.6 Å². The molecule has 0 aromatic heterocycles. The van der Waals surface area contributed by atoms with E-state index in [9.17, 15) is 9.59 Å². The lowest BCUT2D eigenvalue weighted by Gasteiger charge is -2.33. The van der Waals surface area contributed by atoms with Crippen LogP contribution in [0.4, 0.5) is 5.69 Å². The Balaban J connectivity index is 0.00000192. The zero-order valence-electron chi connectivity index (χ0n) is 13.2. The van der Waals surface area contributed by atoms with Crippen LogP contribution in [-0.4, -0.2) is 23.9 Å². The molecule has 1 aliphatic carbocycles. The number of amides is 2. The van der Waals surface area contributed by atoms with E-state index in [0.717, 1.165) is 36.9 Å². The fraction of sp³-hybridized carbons (Fsp3) is 0.529. The van der Waals surface area contributed by atoms with Gasteiger partial charge in [0.2, 0.25) is 5.91 Å². The highest BCUT2D eigenvalue weighted by Gasteiger charge is 2.28. The maximum Gasteiger partial charge on any atom is 0.251 e. The molecular formula is C17H24ClN3O2. The van der Waals surface area contributed by atoms with Crippen LogP contribution >= 0.6 is 12.4 Å². The Morgan fingerprint density at radius 3 is 2.70 bits per heavy atom. The minimum absolute atomic E-state index is 0. The van der Waals surface area contributed by atoms with Gasteiger partial charge in [0.15, 0.2) is 0 Å². The highest BCUT2D eigenvalue weighted by atomic mass is 35.5. The maximum atomic E-state index is 12.3. The van der Waals surface area contributed by atoms with Gasteiger partial charge in [-0.3, -0.25) is 9.59 Å². The number of benzene rings is 1. The maximum absolute atomic E-state index is 12.3. The van der Waals surface area contributed by atoms with Crippen molar-refractivity contribution in [1.82, 2.24) is 5.32 Å². The third-order valence-corrected chi connectivity index (χ3v) is 4.71. The molecule has 1 fully saturated rings. The monoisotopic (exact) mass is 337 g/mol. The van der Waals surface area contributed by atoms with Crippen LogP contribution < -0.4 is 16.4 Å². The van der Waals surface area contributed by atoms with Crippen molar-refractivity contribution in [3.8, 4) is 0 Å². The van der Waals surface area contributed by atoms with Gasteiger partial charge in [-0.15, -0.1) is 12.4 Å². The molecule has 1 aromatic carbocycles. The number of nitrogens with one attached hydrogen (secondary N) is 2. The molecule has 5 nitrogen and oxygen atoms in total. The number of aryl methyl sites for hydroxylation is 1. The van der Waals surface area contributed by atoms with E-state index in [1.54, 1.807) is 12.1 Å². The minimum Gasteiger partial charge on any atom is -0.350 e. The van der Waals surface area contributed by atoms with E-state index < -0.39 is 0 Å². The van der Waals surface area contributed by atoms with Gasteiger partial charge in [-0.2, -0.15) is 0 Å². The molecular weight excluding hydrogens is 314 g/mol. The lowest BCUT2D eigenvalue weighted by Crippen LogP contribution is -2.51. The average molecular weight is 338 g/mol. The molecule has 23 heavy (non-hydrogen) atoms. The molecule has 3 rings (SSSR count). The summed E-state index contributed by atoms with van der Waals surface area (Å²) in [5.74, 6) is -0.0535. The number of fused-ring (bicyclic) bond motifs is 1. The minimum atomic E-state index is -0.254. The fourth-order valence-electron chi connectivity index (χ4n) is 3.32. The first-order chi connectivity index (χ1) is 10.6. The van der Waals surface area contributed by atoms with Crippen LogP contribution in [0.25, 0.3) is 0 Å². The third-order valence-electron chi connectivity index (χ3n) is 4.71. The molecule has 1 aliphatic heterocycles. The molecule has 126 valence electrons. The summed E-state index contributed by atoms with van der Waals surface area (Å²) in [7, 11) is 0. The molecule has 0 bridgehead atoms. The number of nitrogens with two attached hydrogens (primary N) is 1. The molecule has 0 saturated heterocycles. The van der Waals surface area contributed by atoms with E-state index >= 15 is 0 Å². The quantitative estimate of drug-likeness (QED) is 0.791. The SMILES string of the molecule is Cl.NC1(CNC(=O)c2ccc3c(c2)CCC(=O)N3)CCCCC1. The van der Waals surface area contributed by atoms with Gasteiger partial charge in [0.05, 0.1) is 0 Å². The molecule has 1 aromatic rings. The zero-order chi connectivity index (χ0) is 15.6. The Bertz CT molecular complexity index is 598. The summed E-state index contributed by atoms with van der Waals surface area (Å²) in [6.07, 6.45) is 6.64. The van der Waals surface area contributed by atoms with E-state index in [4.69, 9.17) is 5.73 Å². The van der Waals surface area contributed by atoms with Gasteiger partial charge in [0.1, 0.15) is 0 Å². The molecule has 2 aliphatic rings. The van der Waals surface area contributed by atoms with Crippen LogP contribution in [0, 0.1) is 0 Å². The fourth-order valence-corrected chi connectivity index (χ4v) is 3.32. The van der Waals surface area contributed by atoms with Crippen molar-refractivity contribution in [1.29, 1.82) is 0 Å². The Morgan fingerprint density at radius 1 is 1.22 bits per heavy atom. The van der Waals surface area contributed by atoms with E-state index in [1.165, 1.54) is 6.42 Å². The van der Waals surface area contributed by atoms with Crippen molar-refractivity contribution < 1.29 is 9.59 Å². The average Bonchev–Trinajstić information content (AvgIpc) is 2.53. The largest absolute Gasteiger partial charge is 0.350 e. The summed E-state index contributed by atoms with van der Waals surface area (Å²) < 4.78 is 0. The van der Waals surface area contributed by atoms with Crippen LogP contribution in [0.1, 0.15) is 54.4 Å². The molecule has 1 saturated carbocycles. The summed E-state index contributed by atoms with van der Waals surface area (Å²) in [6.45, 7) is 0.527. The van der Waals surface area contributed by atoms with Crippen molar-refractivity contribution in [2.45, 2.75) is 50.5 Å². The molecule has 1 heterocycles. The number of anilines is 1. The van der Waals surface area contributed by atoms with E-state index in [-0.39, 0.29) is 29.8 Å². The van der Waals surface area contributed by atoms with Crippen molar-refractivity contribution in [3.05, 3.63) is 29.3 Å². The van der Waals surface area contributed by atoms with Gasteiger partial charge >= 0.3 is 0 Å². The van der Waals surface area contributed by atoms with Crippen molar-refractivity contribution in [3.63, 3.8) is 0 Å². The van der Waals surface area contributed by atoms with Gasteiger partial charge < -0.3 is 16.4 Å². The first-order valence-electron chi connectivity index (χ1n) is 8.06. The number of carbonyl (C=O) groups excluding carboxylic acids is 2. The van der Waals surface area contributed by atoms with Gasteiger partial charge in [0.25, 0.3) is 5.91 Å². The lowest BCUT2D eigenvalue weighted by molar-refractivity contribution is -0.116. The highest BCUT2D eigenvalue weighted by Crippen LogP contribution is 2.26. The Kier molecular flexibility index (Phi) is 5.65. The Hall–Kier alpha value is -1.59. The number of hydrogen-bond donors (Lipinski definition) is 3. The van der Waals surface area contributed by atoms with Crippen LogP contribution in [0.15, 0.2) is 18.2 Å². The number of hydrogen-bond acceptors (Lipinski definition) is 3. The first kappa shape index (κ1) is 17.8. The third kappa shape index (κ3) is 4.24. The molecule has 0 radical (unpaired) electrons. The van der Waals surface area contributed by atoms with Crippen molar-refractivity contribution >= 4 is 29.9 Å². The molecule has 0 unspecified atom stereocenters. The van der Waals surface area contributed by atoms with Gasteiger partial charge in [-0.1, -0.05) is 19.3 Å².